The summed E-state index contributed by atoms with van der Waals surface area (Å²) in [6, 6.07) is 0. The summed E-state index contributed by atoms with van der Waals surface area (Å²) in [7, 11) is -1.70. The Morgan fingerprint density at radius 3 is 2.71 bits per heavy atom. The van der Waals surface area contributed by atoms with Crippen LogP contribution in [0.4, 0.5) is 0 Å². The SMILES string of the molecule is COCCCS(=O)(=O)NCC1COC(C)(C)O1. The highest BCUT2D eigenvalue weighted by molar-refractivity contribution is 7.89. The maximum atomic E-state index is 11.6. The van der Waals surface area contributed by atoms with Crippen molar-refractivity contribution in [3.63, 3.8) is 0 Å². The molecule has 1 atom stereocenters. The van der Waals surface area contributed by atoms with E-state index in [0.29, 0.717) is 19.6 Å². The lowest BCUT2D eigenvalue weighted by Crippen LogP contribution is -2.35. The number of sulfonamides is 1. The average Bonchev–Trinajstić information content (AvgIpc) is 2.56. The molecule has 102 valence electrons. The summed E-state index contributed by atoms with van der Waals surface area (Å²) >= 11 is 0. The van der Waals surface area contributed by atoms with Crippen LogP contribution in [0.3, 0.4) is 0 Å². The molecule has 6 nitrogen and oxygen atoms in total. The average molecular weight is 267 g/mol. The van der Waals surface area contributed by atoms with Crippen molar-refractivity contribution < 1.29 is 22.6 Å². The molecule has 17 heavy (non-hydrogen) atoms. The van der Waals surface area contributed by atoms with Crippen LogP contribution < -0.4 is 4.72 Å². The highest BCUT2D eigenvalue weighted by atomic mass is 32.2. The van der Waals surface area contributed by atoms with Gasteiger partial charge in [0.25, 0.3) is 0 Å². The summed E-state index contributed by atoms with van der Waals surface area (Å²) in [5.74, 6) is -0.552. The van der Waals surface area contributed by atoms with Crippen LogP contribution in [0.25, 0.3) is 0 Å². The molecule has 1 heterocycles. The number of rotatable bonds is 7. The molecule has 0 saturated carbocycles. The van der Waals surface area contributed by atoms with Crippen molar-refractivity contribution >= 4 is 10.0 Å². The second-order valence-corrected chi connectivity index (χ2v) is 6.39. The molecule has 0 spiro atoms. The lowest BCUT2D eigenvalue weighted by atomic mass is 10.4. The minimum absolute atomic E-state index is 0.0673. The van der Waals surface area contributed by atoms with Gasteiger partial charge in [-0.15, -0.1) is 0 Å². The largest absolute Gasteiger partial charge is 0.385 e. The van der Waals surface area contributed by atoms with Gasteiger partial charge in [0, 0.05) is 20.3 Å². The van der Waals surface area contributed by atoms with Crippen LogP contribution in [0.15, 0.2) is 0 Å². The Bertz CT molecular complexity index is 328. The van der Waals surface area contributed by atoms with Crippen LogP contribution in [-0.2, 0) is 24.2 Å². The van der Waals surface area contributed by atoms with Gasteiger partial charge >= 0.3 is 0 Å². The molecule has 1 unspecified atom stereocenters. The molecule has 1 N–H and O–H groups in total. The van der Waals surface area contributed by atoms with E-state index in [9.17, 15) is 8.42 Å². The highest BCUT2D eigenvalue weighted by Crippen LogP contribution is 2.21. The second kappa shape index (κ2) is 6.10. The van der Waals surface area contributed by atoms with Gasteiger partial charge in [0.1, 0.15) is 0 Å². The summed E-state index contributed by atoms with van der Waals surface area (Å²) in [5, 5.41) is 0. The van der Waals surface area contributed by atoms with Gasteiger partial charge in [0.15, 0.2) is 5.79 Å². The Hall–Kier alpha value is -0.210. The van der Waals surface area contributed by atoms with Gasteiger partial charge in [-0.2, -0.15) is 0 Å². The minimum atomic E-state index is -3.24. The van der Waals surface area contributed by atoms with E-state index in [0.717, 1.165) is 0 Å². The van der Waals surface area contributed by atoms with E-state index in [4.69, 9.17) is 14.2 Å². The van der Waals surface area contributed by atoms with E-state index in [-0.39, 0.29) is 18.4 Å². The fourth-order valence-electron chi connectivity index (χ4n) is 1.55. The van der Waals surface area contributed by atoms with Crippen molar-refractivity contribution in [2.45, 2.75) is 32.2 Å². The maximum Gasteiger partial charge on any atom is 0.211 e. The van der Waals surface area contributed by atoms with Crippen molar-refractivity contribution in [3.05, 3.63) is 0 Å². The first-order valence-corrected chi connectivity index (χ1v) is 7.28. The Balaban J connectivity index is 2.26. The van der Waals surface area contributed by atoms with Gasteiger partial charge in [0.2, 0.25) is 10.0 Å². The first-order valence-electron chi connectivity index (χ1n) is 5.63. The standard InChI is InChI=1S/C10H21NO5S/c1-10(2)15-8-9(16-10)7-11-17(12,13)6-4-5-14-3/h9,11H,4-8H2,1-3H3. The summed E-state index contributed by atoms with van der Waals surface area (Å²) in [5.41, 5.74) is 0. The molecule has 0 aromatic rings. The third-order valence-corrected chi connectivity index (χ3v) is 3.79. The number of methoxy groups -OCH3 is 1. The van der Waals surface area contributed by atoms with E-state index in [1.165, 1.54) is 0 Å². The smallest absolute Gasteiger partial charge is 0.211 e. The second-order valence-electron chi connectivity index (χ2n) is 4.46. The van der Waals surface area contributed by atoms with Gasteiger partial charge in [-0.25, -0.2) is 13.1 Å². The molecule has 0 aromatic carbocycles. The Kier molecular flexibility index (Phi) is 5.33. The van der Waals surface area contributed by atoms with Crippen LogP contribution >= 0.6 is 0 Å². The monoisotopic (exact) mass is 267 g/mol. The highest BCUT2D eigenvalue weighted by Gasteiger charge is 2.32. The van der Waals surface area contributed by atoms with E-state index < -0.39 is 15.8 Å². The molecule has 0 radical (unpaired) electrons. The lowest BCUT2D eigenvalue weighted by molar-refractivity contribution is -0.137. The summed E-state index contributed by atoms with van der Waals surface area (Å²) in [6.07, 6.45) is 0.265. The number of hydrogen-bond acceptors (Lipinski definition) is 5. The van der Waals surface area contributed by atoms with Crippen LogP contribution in [0.2, 0.25) is 0 Å². The molecule has 1 saturated heterocycles. The zero-order valence-electron chi connectivity index (χ0n) is 10.6. The van der Waals surface area contributed by atoms with Crippen LogP contribution in [0.5, 0.6) is 0 Å². The van der Waals surface area contributed by atoms with E-state index >= 15 is 0 Å². The molecule has 1 fully saturated rings. The number of nitrogens with one attached hydrogen (secondary N) is 1. The van der Waals surface area contributed by atoms with Crippen molar-refractivity contribution in [2.75, 3.05) is 32.6 Å². The Labute approximate surface area is 103 Å². The summed E-state index contributed by atoms with van der Waals surface area (Å²) in [6.45, 7) is 4.71. The lowest BCUT2D eigenvalue weighted by Gasteiger charge is -2.17. The normalized spacial score (nSPS) is 24.1. The van der Waals surface area contributed by atoms with Crippen LogP contribution in [-0.4, -0.2) is 52.9 Å². The van der Waals surface area contributed by atoms with Crippen LogP contribution in [0.1, 0.15) is 20.3 Å². The molecule has 0 bridgehead atoms. The van der Waals surface area contributed by atoms with Gasteiger partial charge in [-0.05, 0) is 20.3 Å². The molecule has 0 amide bonds. The molecular weight excluding hydrogens is 246 g/mol. The Morgan fingerprint density at radius 2 is 2.18 bits per heavy atom. The number of hydrogen-bond donors (Lipinski definition) is 1. The van der Waals surface area contributed by atoms with E-state index in [1.807, 2.05) is 0 Å². The maximum absolute atomic E-state index is 11.6. The molecule has 0 aromatic heterocycles. The molecule has 1 rings (SSSR count). The van der Waals surface area contributed by atoms with Crippen molar-refractivity contribution in [2.24, 2.45) is 0 Å². The Morgan fingerprint density at radius 1 is 1.47 bits per heavy atom. The summed E-state index contributed by atoms with van der Waals surface area (Å²) < 4.78 is 41.3. The predicted octanol–water partition coefficient (Wildman–Crippen LogP) is 0.0938. The summed E-state index contributed by atoms with van der Waals surface area (Å²) in [4.78, 5) is 0. The topological polar surface area (TPSA) is 73.9 Å². The van der Waals surface area contributed by atoms with Crippen molar-refractivity contribution in [1.29, 1.82) is 0 Å². The molecule has 1 aliphatic heterocycles. The van der Waals surface area contributed by atoms with Gasteiger partial charge < -0.3 is 14.2 Å². The quantitative estimate of drug-likeness (QED) is 0.662. The van der Waals surface area contributed by atoms with Gasteiger partial charge in [0.05, 0.1) is 18.5 Å². The molecule has 1 aliphatic rings. The third kappa shape index (κ3) is 5.78. The molecular formula is C10H21NO5S. The molecule has 7 heteroatoms. The van der Waals surface area contributed by atoms with Gasteiger partial charge in [-0.3, -0.25) is 0 Å². The third-order valence-electron chi connectivity index (χ3n) is 2.36. The van der Waals surface area contributed by atoms with Crippen LogP contribution in [0, 0.1) is 0 Å². The first-order chi connectivity index (χ1) is 7.85. The molecule has 0 aliphatic carbocycles. The van der Waals surface area contributed by atoms with E-state index in [1.54, 1.807) is 21.0 Å². The zero-order chi connectivity index (χ0) is 12.9. The fraction of sp³-hybridized carbons (Fsp3) is 1.00. The minimum Gasteiger partial charge on any atom is -0.385 e. The zero-order valence-corrected chi connectivity index (χ0v) is 11.4. The van der Waals surface area contributed by atoms with E-state index in [2.05, 4.69) is 4.72 Å². The van der Waals surface area contributed by atoms with Crippen molar-refractivity contribution in [3.8, 4) is 0 Å². The first kappa shape index (κ1) is 14.8. The predicted molar refractivity (Wildman–Crippen MR) is 63.2 cm³/mol. The van der Waals surface area contributed by atoms with Gasteiger partial charge in [-0.1, -0.05) is 0 Å². The van der Waals surface area contributed by atoms with Crippen molar-refractivity contribution in [1.82, 2.24) is 4.72 Å². The number of ether oxygens (including phenoxy) is 3. The fourth-order valence-corrected chi connectivity index (χ4v) is 2.63.